The Hall–Kier alpha value is -2.13. The fourth-order valence-electron chi connectivity index (χ4n) is 2.75. The number of aromatic hydroxyl groups is 1. The van der Waals surface area contributed by atoms with Crippen LogP contribution in [-0.4, -0.2) is 10.9 Å². The lowest BCUT2D eigenvalue weighted by atomic mass is 9.87. The van der Waals surface area contributed by atoms with E-state index in [4.69, 9.17) is 0 Å². The van der Waals surface area contributed by atoms with E-state index < -0.39 is 0 Å². The molecule has 1 N–H and O–H groups in total. The van der Waals surface area contributed by atoms with Crippen LogP contribution in [0.3, 0.4) is 0 Å². The molecule has 1 aliphatic carbocycles. The molecule has 0 heterocycles. The van der Waals surface area contributed by atoms with Gasteiger partial charge in [0.2, 0.25) is 0 Å². The van der Waals surface area contributed by atoms with Gasteiger partial charge in [0.25, 0.3) is 0 Å². The van der Waals surface area contributed by atoms with Crippen molar-refractivity contribution in [1.82, 2.24) is 0 Å². The molecule has 2 aromatic rings. The quantitative estimate of drug-likeness (QED) is 0.722. The van der Waals surface area contributed by atoms with E-state index in [0.717, 1.165) is 46.0 Å². The van der Waals surface area contributed by atoms with E-state index in [-0.39, 0.29) is 11.5 Å². The molecule has 3 rings (SSSR count). The van der Waals surface area contributed by atoms with Crippen LogP contribution in [0.5, 0.6) is 5.75 Å². The highest BCUT2D eigenvalue weighted by Crippen LogP contribution is 2.28. The molecule has 0 aromatic heterocycles. The lowest BCUT2D eigenvalue weighted by molar-refractivity contribution is -0.112. The van der Waals surface area contributed by atoms with Crippen molar-refractivity contribution in [3.63, 3.8) is 0 Å². The maximum atomic E-state index is 12.7. The van der Waals surface area contributed by atoms with Crippen LogP contribution in [0, 0.1) is 0 Å². The highest BCUT2D eigenvalue weighted by molar-refractivity contribution is 9.10. The van der Waals surface area contributed by atoms with Crippen LogP contribution in [-0.2, 0) is 4.79 Å². The average molecular weight is 369 g/mol. The van der Waals surface area contributed by atoms with E-state index in [1.54, 1.807) is 18.2 Å². The van der Waals surface area contributed by atoms with Crippen molar-refractivity contribution in [2.75, 3.05) is 0 Å². The van der Waals surface area contributed by atoms with E-state index in [1.165, 1.54) is 0 Å². The van der Waals surface area contributed by atoms with Crippen LogP contribution in [0.4, 0.5) is 0 Å². The van der Waals surface area contributed by atoms with Crippen molar-refractivity contribution in [3.05, 3.63) is 75.3 Å². The van der Waals surface area contributed by atoms with Crippen molar-refractivity contribution in [3.8, 4) is 5.75 Å². The highest BCUT2D eigenvalue weighted by atomic mass is 79.9. The van der Waals surface area contributed by atoms with Gasteiger partial charge in [-0.25, -0.2) is 0 Å². The fourth-order valence-corrected chi connectivity index (χ4v) is 3.02. The predicted molar refractivity (Wildman–Crippen MR) is 97.1 cm³/mol. The molecule has 2 aromatic carbocycles. The van der Waals surface area contributed by atoms with Gasteiger partial charge in [-0.3, -0.25) is 4.79 Å². The molecule has 0 spiro atoms. The first-order valence-corrected chi connectivity index (χ1v) is 8.41. The number of allylic oxidation sites excluding steroid dienone is 2. The second-order valence-corrected chi connectivity index (χ2v) is 6.58. The summed E-state index contributed by atoms with van der Waals surface area (Å²) in [6, 6.07) is 14.9. The number of phenols is 1. The molecule has 1 saturated carbocycles. The second kappa shape index (κ2) is 6.97. The summed E-state index contributed by atoms with van der Waals surface area (Å²) in [6.07, 6.45) is 6.43. The van der Waals surface area contributed by atoms with Crippen LogP contribution in [0.25, 0.3) is 12.2 Å². The standard InChI is InChI=1S/C20H17BrO2/c21-18-9-7-14(8-10-18)11-16-4-2-5-17(20(16)23)12-15-3-1-6-19(22)13-15/h1,3,6-13,22H,2,4-5H2. The van der Waals surface area contributed by atoms with Gasteiger partial charge in [0.1, 0.15) is 5.75 Å². The monoisotopic (exact) mass is 368 g/mol. The van der Waals surface area contributed by atoms with Gasteiger partial charge < -0.3 is 5.11 Å². The predicted octanol–water partition coefficient (Wildman–Crippen LogP) is 5.37. The number of hydrogen-bond acceptors (Lipinski definition) is 2. The highest BCUT2D eigenvalue weighted by Gasteiger charge is 2.20. The minimum Gasteiger partial charge on any atom is -0.508 e. The van der Waals surface area contributed by atoms with Crippen LogP contribution >= 0.6 is 15.9 Å². The average Bonchev–Trinajstić information content (AvgIpc) is 2.53. The van der Waals surface area contributed by atoms with E-state index in [9.17, 15) is 9.90 Å². The van der Waals surface area contributed by atoms with Gasteiger partial charge in [-0.15, -0.1) is 0 Å². The maximum Gasteiger partial charge on any atom is 0.185 e. The van der Waals surface area contributed by atoms with Gasteiger partial charge in [-0.2, -0.15) is 0 Å². The Morgan fingerprint density at radius 1 is 0.913 bits per heavy atom. The van der Waals surface area contributed by atoms with Crippen molar-refractivity contribution in [2.24, 2.45) is 0 Å². The maximum absolute atomic E-state index is 12.7. The first kappa shape index (κ1) is 15.8. The zero-order valence-corrected chi connectivity index (χ0v) is 14.2. The Balaban J connectivity index is 1.87. The molecule has 1 fully saturated rings. The molecule has 116 valence electrons. The van der Waals surface area contributed by atoms with Gasteiger partial charge in [0.15, 0.2) is 5.78 Å². The van der Waals surface area contributed by atoms with Crippen LogP contribution in [0.2, 0.25) is 0 Å². The molecule has 3 heteroatoms. The van der Waals surface area contributed by atoms with E-state index in [1.807, 2.05) is 42.5 Å². The van der Waals surface area contributed by atoms with Crippen molar-refractivity contribution in [2.45, 2.75) is 19.3 Å². The first-order valence-electron chi connectivity index (χ1n) is 7.62. The summed E-state index contributed by atoms with van der Waals surface area (Å²) < 4.78 is 1.03. The molecule has 0 amide bonds. The number of benzene rings is 2. The Morgan fingerprint density at radius 3 is 2.22 bits per heavy atom. The third-order valence-electron chi connectivity index (χ3n) is 3.90. The molecule has 0 unspecified atom stereocenters. The van der Waals surface area contributed by atoms with Crippen molar-refractivity contribution in [1.29, 1.82) is 0 Å². The van der Waals surface area contributed by atoms with Gasteiger partial charge in [0, 0.05) is 15.6 Å². The van der Waals surface area contributed by atoms with Crippen molar-refractivity contribution >= 4 is 33.9 Å². The molecule has 0 atom stereocenters. The minimum atomic E-state index is 0.113. The molecule has 2 nitrogen and oxygen atoms in total. The van der Waals surface area contributed by atoms with Crippen molar-refractivity contribution < 1.29 is 9.90 Å². The number of Topliss-reactive ketones (excluding diaryl/α,β-unsaturated/α-hetero) is 1. The van der Waals surface area contributed by atoms with Crippen LogP contribution in [0.15, 0.2) is 64.1 Å². The molecular weight excluding hydrogens is 352 g/mol. The van der Waals surface area contributed by atoms with E-state index >= 15 is 0 Å². The Kier molecular flexibility index (Phi) is 4.77. The van der Waals surface area contributed by atoms with Gasteiger partial charge >= 0.3 is 0 Å². The summed E-state index contributed by atoms with van der Waals surface area (Å²) in [5.41, 5.74) is 3.56. The molecule has 23 heavy (non-hydrogen) atoms. The fraction of sp³-hybridized carbons (Fsp3) is 0.150. The number of hydrogen-bond donors (Lipinski definition) is 1. The normalized spacial score (nSPS) is 18.6. The van der Waals surface area contributed by atoms with Gasteiger partial charge in [-0.05, 0) is 66.8 Å². The Morgan fingerprint density at radius 2 is 1.57 bits per heavy atom. The molecule has 1 aliphatic rings. The molecular formula is C20H17BrO2. The molecule has 0 saturated heterocycles. The summed E-state index contributed by atoms with van der Waals surface area (Å²) >= 11 is 3.42. The largest absolute Gasteiger partial charge is 0.508 e. The van der Waals surface area contributed by atoms with Crippen LogP contribution < -0.4 is 0 Å². The number of carbonyl (C=O) groups is 1. The van der Waals surface area contributed by atoms with E-state index in [2.05, 4.69) is 15.9 Å². The molecule has 0 radical (unpaired) electrons. The summed E-state index contributed by atoms with van der Waals surface area (Å²) in [7, 11) is 0. The van der Waals surface area contributed by atoms with Gasteiger partial charge in [0.05, 0.1) is 0 Å². The Labute approximate surface area is 144 Å². The lowest BCUT2D eigenvalue weighted by Crippen LogP contribution is -2.12. The van der Waals surface area contributed by atoms with Gasteiger partial charge in [-0.1, -0.05) is 40.2 Å². The smallest absolute Gasteiger partial charge is 0.185 e. The lowest BCUT2D eigenvalue weighted by Gasteiger charge is -2.16. The number of ketones is 1. The third kappa shape index (κ3) is 3.99. The number of phenolic OH excluding ortho intramolecular Hbond substituents is 1. The second-order valence-electron chi connectivity index (χ2n) is 5.67. The topological polar surface area (TPSA) is 37.3 Å². The summed E-state index contributed by atoms with van der Waals surface area (Å²) in [6.45, 7) is 0. The number of carbonyl (C=O) groups excluding carboxylic acids is 1. The SMILES string of the molecule is O=C1C(=Cc2ccc(Br)cc2)CCCC1=Cc1cccc(O)c1. The zero-order valence-electron chi connectivity index (χ0n) is 12.6. The zero-order chi connectivity index (χ0) is 16.2. The molecule has 0 aliphatic heterocycles. The summed E-state index contributed by atoms with van der Waals surface area (Å²) in [4.78, 5) is 12.7. The third-order valence-corrected chi connectivity index (χ3v) is 4.43. The van der Waals surface area contributed by atoms with Crippen LogP contribution in [0.1, 0.15) is 30.4 Å². The van der Waals surface area contributed by atoms with E-state index in [0.29, 0.717) is 0 Å². The minimum absolute atomic E-state index is 0.113. The first-order chi connectivity index (χ1) is 11.1. The Bertz CT molecular complexity index is 786. The number of rotatable bonds is 2. The summed E-state index contributed by atoms with van der Waals surface area (Å²) in [5, 5.41) is 9.55. The number of halogens is 1. The summed E-state index contributed by atoms with van der Waals surface area (Å²) in [5.74, 6) is 0.329. The molecule has 0 bridgehead atoms.